The lowest BCUT2D eigenvalue weighted by atomic mass is 9.96. The lowest BCUT2D eigenvalue weighted by molar-refractivity contribution is -0.125. The fourth-order valence-electron chi connectivity index (χ4n) is 3.65. The highest BCUT2D eigenvalue weighted by atomic mass is 35.5. The first-order chi connectivity index (χ1) is 13.6. The first-order valence-electron chi connectivity index (χ1n) is 9.46. The maximum Gasteiger partial charge on any atom is 0.263 e. The number of aryl methyl sites for hydroxylation is 1. The molecule has 2 aromatic heterocycles. The monoisotopic (exact) mass is 399 g/mol. The van der Waals surface area contributed by atoms with E-state index >= 15 is 0 Å². The number of hydrogen-bond acceptors (Lipinski definition) is 6. The average Bonchev–Trinajstić information content (AvgIpc) is 3.11. The number of anilines is 1. The number of rotatable bonds is 5. The van der Waals surface area contributed by atoms with Crippen LogP contribution in [0.4, 0.5) is 5.82 Å². The molecule has 1 amide bonds. The second-order valence-electron chi connectivity index (χ2n) is 7.10. The molecular formula is C20H22ClN5O2. The summed E-state index contributed by atoms with van der Waals surface area (Å²) in [6.07, 6.45) is 4.08. The number of benzene rings is 1. The number of nitrogens with one attached hydrogen (secondary N) is 1. The largest absolute Gasteiger partial charge is 0.355 e. The van der Waals surface area contributed by atoms with Crippen molar-refractivity contribution in [3.05, 3.63) is 46.9 Å². The van der Waals surface area contributed by atoms with Crippen molar-refractivity contribution < 1.29 is 9.32 Å². The minimum absolute atomic E-state index is 0.0656. The predicted molar refractivity (Wildman–Crippen MR) is 107 cm³/mol. The molecule has 0 aliphatic carbocycles. The van der Waals surface area contributed by atoms with Gasteiger partial charge in [0.15, 0.2) is 0 Å². The van der Waals surface area contributed by atoms with Crippen LogP contribution < -0.4 is 10.2 Å². The number of carbonyl (C=O) groups is 1. The van der Waals surface area contributed by atoms with Gasteiger partial charge in [-0.1, -0.05) is 28.9 Å². The van der Waals surface area contributed by atoms with Crippen LogP contribution in [-0.4, -0.2) is 40.7 Å². The Morgan fingerprint density at radius 3 is 2.96 bits per heavy atom. The maximum absolute atomic E-state index is 12.7. The van der Waals surface area contributed by atoms with Crippen molar-refractivity contribution in [2.45, 2.75) is 26.2 Å². The Balaban J connectivity index is 1.38. The van der Waals surface area contributed by atoms with E-state index < -0.39 is 0 Å². The van der Waals surface area contributed by atoms with Gasteiger partial charge in [0.1, 0.15) is 17.5 Å². The standard InChI is InChI=1S/C20H22ClN5O2/c1-13-17-18(23-12-24-20(17)28-25-13)26-10-2-3-15(11-26)19(27)22-9-8-14-4-6-16(21)7-5-14/h4-7,12,15H,2-3,8-11H2,1H3,(H,22,27). The van der Waals surface area contributed by atoms with Crippen LogP contribution in [-0.2, 0) is 11.2 Å². The topological polar surface area (TPSA) is 84.2 Å². The zero-order valence-electron chi connectivity index (χ0n) is 15.7. The van der Waals surface area contributed by atoms with Gasteiger partial charge < -0.3 is 14.7 Å². The Labute approximate surface area is 168 Å². The van der Waals surface area contributed by atoms with Crippen molar-refractivity contribution in [3.8, 4) is 0 Å². The lowest BCUT2D eigenvalue weighted by Gasteiger charge is -2.33. The molecular weight excluding hydrogens is 378 g/mol. The van der Waals surface area contributed by atoms with E-state index in [0.29, 0.717) is 18.8 Å². The summed E-state index contributed by atoms with van der Waals surface area (Å²) in [7, 11) is 0. The molecule has 1 fully saturated rings. The van der Waals surface area contributed by atoms with E-state index in [9.17, 15) is 4.79 Å². The zero-order valence-corrected chi connectivity index (χ0v) is 16.4. The summed E-state index contributed by atoms with van der Waals surface area (Å²) in [6, 6.07) is 7.71. The molecule has 8 heteroatoms. The molecule has 0 spiro atoms. The molecule has 3 aromatic rings. The zero-order chi connectivity index (χ0) is 19.5. The van der Waals surface area contributed by atoms with E-state index in [4.69, 9.17) is 16.1 Å². The number of fused-ring (bicyclic) bond motifs is 1. The van der Waals surface area contributed by atoms with E-state index in [1.54, 1.807) is 0 Å². The second-order valence-corrected chi connectivity index (χ2v) is 7.53. The smallest absolute Gasteiger partial charge is 0.263 e. The van der Waals surface area contributed by atoms with Gasteiger partial charge in [0.2, 0.25) is 5.91 Å². The highest BCUT2D eigenvalue weighted by Crippen LogP contribution is 2.29. The Kier molecular flexibility index (Phi) is 5.43. The lowest BCUT2D eigenvalue weighted by Crippen LogP contribution is -2.43. The van der Waals surface area contributed by atoms with Crippen molar-refractivity contribution in [1.82, 2.24) is 20.4 Å². The maximum atomic E-state index is 12.7. The van der Waals surface area contributed by atoms with Gasteiger partial charge in [-0.15, -0.1) is 0 Å². The number of aromatic nitrogens is 3. The number of halogens is 1. The van der Waals surface area contributed by atoms with Gasteiger partial charge in [0.05, 0.1) is 11.6 Å². The molecule has 7 nitrogen and oxygen atoms in total. The molecule has 0 saturated carbocycles. The molecule has 146 valence electrons. The van der Waals surface area contributed by atoms with Crippen molar-refractivity contribution in [3.63, 3.8) is 0 Å². The van der Waals surface area contributed by atoms with Gasteiger partial charge in [-0.25, -0.2) is 4.98 Å². The summed E-state index contributed by atoms with van der Waals surface area (Å²) in [5, 5.41) is 8.60. The van der Waals surface area contributed by atoms with Gasteiger partial charge in [-0.05, 0) is 43.9 Å². The number of carbonyl (C=O) groups excluding carboxylic acids is 1. The van der Waals surface area contributed by atoms with Crippen LogP contribution in [0.3, 0.4) is 0 Å². The first kappa shape index (κ1) is 18.7. The highest BCUT2D eigenvalue weighted by molar-refractivity contribution is 6.30. The van der Waals surface area contributed by atoms with E-state index in [2.05, 4.69) is 25.3 Å². The number of nitrogens with zero attached hydrogens (tertiary/aromatic N) is 4. The predicted octanol–water partition coefficient (Wildman–Crippen LogP) is 3.15. The van der Waals surface area contributed by atoms with E-state index in [1.807, 2.05) is 31.2 Å². The molecule has 4 rings (SSSR count). The molecule has 1 aliphatic rings. The summed E-state index contributed by atoms with van der Waals surface area (Å²) in [5.74, 6) is 0.817. The molecule has 3 heterocycles. The molecule has 1 aromatic carbocycles. The molecule has 0 bridgehead atoms. The van der Waals surface area contributed by atoms with Crippen molar-refractivity contribution >= 4 is 34.4 Å². The summed E-state index contributed by atoms with van der Waals surface area (Å²) in [6.45, 7) is 3.97. The second kappa shape index (κ2) is 8.14. The van der Waals surface area contributed by atoms with Crippen molar-refractivity contribution in [2.24, 2.45) is 5.92 Å². The summed E-state index contributed by atoms with van der Waals surface area (Å²) >= 11 is 5.91. The van der Waals surface area contributed by atoms with Gasteiger partial charge in [-0.2, -0.15) is 4.98 Å². The number of hydrogen-bond donors (Lipinski definition) is 1. The fourth-order valence-corrected chi connectivity index (χ4v) is 3.78. The molecule has 28 heavy (non-hydrogen) atoms. The Bertz CT molecular complexity index is 972. The van der Waals surface area contributed by atoms with E-state index in [0.717, 1.165) is 53.3 Å². The van der Waals surface area contributed by atoms with Crippen LogP contribution in [0.1, 0.15) is 24.1 Å². The Morgan fingerprint density at radius 2 is 2.14 bits per heavy atom. The molecule has 1 aliphatic heterocycles. The van der Waals surface area contributed by atoms with Crippen LogP contribution in [0.5, 0.6) is 0 Å². The van der Waals surface area contributed by atoms with E-state index in [-0.39, 0.29) is 11.8 Å². The Morgan fingerprint density at radius 1 is 1.32 bits per heavy atom. The van der Waals surface area contributed by atoms with Gasteiger partial charge in [0, 0.05) is 24.7 Å². The van der Waals surface area contributed by atoms with Gasteiger partial charge >= 0.3 is 0 Å². The third-order valence-corrected chi connectivity index (χ3v) is 5.39. The fraction of sp³-hybridized carbons (Fsp3) is 0.400. The molecule has 0 radical (unpaired) electrons. The minimum Gasteiger partial charge on any atom is -0.355 e. The summed E-state index contributed by atoms with van der Waals surface area (Å²) in [5.41, 5.74) is 2.40. The molecule has 1 unspecified atom stereocenters. The normalized spacial score (nSPS) is 17.1. The van der Waals surface area contributed by atoms with E-state index in [1.165, 1.54) is 6.33 Å². The Hall–Kier alpha value is -2.67. The average molecular weight is 400 g/mol. The first-order valence-corrected chi connectivity index (χ1v) is 9.83. The van der Waals surface area contributed by atoms with Crippen molar-refractivity contribution in [2.75, 3.05) is 24.5 Å². The molecule has 1 N–H and O–H groups in total. The molecule has 1 saturated heterocycles. The quantitative estimate of drug-likeness (QED) is 0.709. The van der Waals surface area contributed by atoms with Crippen LogP contribution in [0.15, 0.2) is 35.1 Å². The highest BCUT2D eigenvalue weighted by Gasteiger charge is 2.28. The third-order valence-electron chi connectivity index (χ3n) is 5.14. The number of amides is 1. The van der Waals surface area contributed by atoms with Crippen LogP contribution in [0.2, 0.25) is 5.02 Å². The summed E-state index contributed by atoms with van der Waals surface area (Å²) < 4.78 is 5.24. The van der Waals surface area contributed by atoms with Crippen LogP contribution in [0.25, 0.3) is 11.1 Å². The summed E-state index contributed by atoms with van der Waals surface area (Å²) in [4.78, 5) is 23.4. The third kappa shape index (κ3) is 3.94. The minimum atomic E-state index is -0.0656. The van der Waals surface area contributed by atoms with Crippen LogP contribution in [0, 0.1) is 12.8 Å². The van der Waals surface area contributed by atoms with Gasteiger partial charge in [-0.3, -0.25) is 4.79 Å². The van der Waals surface area contributed by atoms with Crippen molar-refractivity contribution in [1.29, 1.82) is 0 Å². The SMILES string of the molecule is Cc1noc2ncnc(N3CCCC(C(=O)NCCc4ccc(Cl)cc4)C3)c12. The van der Waals surface area contributed by atoms with Crippen LogP contribution >= 0.6 is 11.6 Å². The van der Waals surface area contributed by atoms with Gasteiger partial charge in [0.25, 0.3) is 5.71 Å². The molecule has 1 atom stereocenters. The number of piperidine rings is 1.